The number of pyridine rings is 1. The van der Waals surface area contributed by atoms with Crippen LogP contribution in [0.5, 0.6) is 0 Å². The molecule has 4 N–H and O–H groups in total. The Hall–Kier alpha value is -4.25. The summed E-state index contributed by atoms with van der Waals surface area (Å²) in [4.78, 5) is 36.5. The number of hydrogen-bond donors (Lipinski definition) is 4. The standard InChI is InChI=1S/C32H39N7O4/c1-19(35-32(41)42)14-22-16-33-17-25(20(22)2)21-11-12-27-24(15-21)29(38-39(27)28-10-6-7-13-43-28)30-34-18-26(37-30)31(40)36-23-8-4-3-5-9-23/h11-12,15-19,23,28,35H,3-10,13-14H2,1-2H3,(H,34,37)(H,36,40)(H,41,42). The van der Waals surface area contributed by atoms with E-state index in [2.05, 4.69) is 43.8 Å². The molecule has 2 unspecified atom stereocenters. The van der Waals surface area contributed by atoms with Gasteiger partial charge in [-0.15, -0.1) is 0 Å². The van der Waals surface area contributed by atoms with Crippen LogP contribution in [0, 0.1) is 6.92 Å². The summed E-state index contributed by atoms with van der Waals surface area (Å²) in [6.45, 7) is 4.57. The van der Waals surface area contributed by atoms with Gasteiger partial charge in [-0.2, -0.15) is 5.10 Å². The number of nitrogens with one attached hydrogen (secondary N) is 3. The number of carbonyl (C=O) groups excluding carboxylic acids is 1. The number of fused-ring (bicyclic) bond motifs is 1. The Kier molecular flexibility index (Phi) is 8.42. The van der Waals surface area contributed by atoms with Crippen molar-refractivity contribution in [2.24, 2.45) is 0 Å². The minimum Gasteiger partial charge on any atom is -0.465 e. The van der Waals surface area contributed by atoms with Crippen molar-refractivity contribution in [3.63, 3.8) is 0 Å². The summed E-state index contributed by atoms with van der Waals surface area (Å²) >= 11 is 0. The van der Waals surface area contributed by atoms with Crippen molar-refractivity contribution in [1.82, 2.24) is 35.4 Å². The molecule has 0 radical (unpaired) electrons. The van der Waals surface area contributed by atoms with Gasteiger partial charge in [0.05, 0.1) is 11.7 Å². The van der Waals surface area contributed by atoms with Crippen LogP contribution >= 0.6 is 0 Å². The molecular weight excluding hydrogens is 546 g/mol. The summed E-state index contributed by atoms with van der Waals surface area (Å²) in [5.41, 5.74) is 5.94. The number of amides is 2. The molecule has 4 heterocycles. The van der Waals surface area contributed by atoms with Gasteiger partial charge in [-0.1, -0.05) is 25.3 Å². The summed E-state index contributed by atoms with van der Waals surface area (Å²) < 4.78 is 8.05. The summed E-state index contributed by atoms with van der Waals surface area (Å²) in [5, 5.41) is 20.7. The third-order valence-corrected chi connectivity index (χ3v) is 8.65. The minimum atomic E-state index is -1.04. The Labute approximate surface area is 250 Å². The molecule has 6 rings (SSSR count). The molecule has 0 bridgehead atoms. The molecule has 1 aliphatic carbocycles. The van der Waals surface area contributed by atoms with E-state index in [1.807, 2.05) is 24.7 Å². The third-order valence-electron chi connectivity index (χ3n) is 8.65. The van der Waals surface area contributed by atoms with E-state index in [-0.39, 0.29) is 24.2 Å². The van der Waals surface area contributed by atoms with Crippen LogP contribution in [0.3, 0.4) is 0 Å². The van der Waals surface area contributed by atoms with Gasteiger partial charge in [-0.25, -0.2) is 14.5 Å². The Morgan fingerprint density at radius 2 is 1.93 bits per heavy atom. The topological polar surface area (TPSA) is 147 Å². The number of aromatic nitrogens is 5. The molecule has 226 valence electrons. The molecular formula is C32H39N7O4. The van der Waals surface area contributed by atoms with Crippen molar-refractivity contribution in [3.05, 3.63) is 53.6 Å². The van der Waals surface area contributed by atoms with E-state index in [1.165, 1.54) is 6.42 Å². The van der Waals surface area contributed by atoms with Crippen LogP contribution in [-0.4, -0.2) is 60.5 Å². The highest BCUT2D eigenvalue weighted by atomic mass is 16.5. The molecule has 2 fully saturated rings. The molecule has 43 heavy (non-hydrogen) atoms. The molecule has 4 aromatic rings. The van der Waals surface area contributed by atoms with Crippen LogP contribution in [0.2, 0.25) is 0 Å². The third kappa shape index (κ3) is 6.27. The Bertz CT molecular complexity index is 1620. The van der Waals surface area contributed by atoms with Gasteiger partial charge in [0.1, 0.15) is 11.4 Å². The zero-order valence-electron chi connectivity index (χ0n) is 24.7. The second-order valence-electron chi connectivity index (χ2n) is 11.8. The van der Waals surface area contributed by atoms with E-state index < -0.39 is 6.09 Å². The zero-order chi connectivity index (χ0) is 29.9. The number of imidazole rings is 1. The fraction of sp³-hybridized carbons (Fsp3) is 0.469. The maximum Gasteiger partial charge on any atom is 0.404 e. The molecule has 11 heteroatoms. The van der Waals surface area contributed by atoms with Gasteiger partial charge in [0.15, 0.2) is 12.1 Å². The number of carboxylic acid groups (broad SMARTS) is 1. The second kappa shape index (κ2) is 12.5. The number of carbonyl (C=O) groups is 2. The van der Waals surface area contributed by atoms with E-state index >= 15 is 0 Å². The summed E-state index contributed by atoms with van der Waals surface area (Å²) in [5.74, 6) is 0.387. The highest BCUT2D eigenvalue weighted by Crippen LogP contribution is 2.35. The Balaban J connectivity index is 1.36. The van der Waals surface area contributed by atoms with Crippen LogP contribution in [0.25, 0.3) is 33.5 Å². The maximum absolute atomic E-state index is 13.0. The van der Waals surface area contributed by atoms with E-state index in [1.54, 1.807) is 12.4 Å². The number of benzene rings is 1. The molecule has 1 aromatic carbocycles. The van der Waals surface area contributed by atoms with Gasteiger partial charge in [-0.3, -0.25) is 9.78 Å². The van der Waals surface area contributed by atoms with Crippen molar-refractivity contribution in [2.75, 3.05) is 6.61 Å². The largest absolute Gasteiger partial charge is 0.465 e. The highest BCUT2D eigenvalue weighted by Gasteiger charge is 2.25. The zero-order valence-corrected chi connectivity index (χ0v) is 24.7. The molecule has 2 atom stereocenters. The first kappa shape index (κ1) is 28.9. The first-order valence-corrected chi connectivity index (χ1v) is 15.3. The number of H-pyrrole nitrogens is 1. The number of rotatable bonds is 8. The average Bonchev–Trinajstić information content (AvgIpc) is 3.64. The average molecular weight is 586 g/mol. The number of nitrogens with zero attached hydrogens (tertiary/aromatic N) is 4. The molecule has 2 aliphatic rings. The first-order valence-electron chi connectivity index (χ1n) is 15.3. The minimum absolute atomic E-state index is 0.143. The Morgan fingerprint density at radius 3 is 2.70 bits per heavy atom. The Morgan fingerprint density at radius 1 is 1.12 bits per heavy atom. The van der Waals surface area contributed by atoms with Crippen LogP contribution in [-0.2, 0) is 11.2 Å². The lowest BCUT2D eigenvalue weighted by Crippen LogP contribution is -2.36. The van der Waals surface area contributed by atoms with E-state index in [9.17, 15) is 9.59 Å². The number of aromatic amines is 1. The number of ether oxygens (including phenoxy) is 1. The van der Waals surface area contributed by atoms with E-state index in [4.69, 9.17) is 14.9 Å². The molecule has 1 saturated carbocycles. The summed E-state index contributed by atoms with van der Waals surface area (Å²) in [6, 6.07) is 6.16. The normalized spacial score (nSPS) is 18.4. The fourth-order valence-corrected chi connectivity index (χ4v) is 6.34. The fourth-order valence-electron chi connectivity index (χ4n) is 6.34. The van der Waals surface area contributed by atoms with Crippen molar-refractivity contribution >= 4 is 22.9 Å². The molecule has 1 saturated heterocycles. The highest BCUT2D eigenvalue weighted by molar-refractivity contribution is 5.97. The van der Waals surface area contributed by atoms with Gasteiger partial charge in [0.25, 0.3) is 5.91 Å². The summed E-state index contributed by atoms with van der Waals surface area (Å²) in [7, 11) is 0. The van der Waals surface area contributed by atoms with Crippen LogP contribution < -0.4 is 10.6 Å². The first-order chi connectivity index (χ1) is 20.9. The lowest BCUT2D eigenvalue weighted by atomic mass is 9.95. The predicted octanol–water partition coefficient (Wildman–Crippen LogP) is 5.76. The van der Waals surface area contributed by atoms with Gasteiger partial charge in [-0.05, 0) is 81.2 Å². The van der Waals surface area contributed by atoms with Crippen molar-refractivity contribution < 1.29 is 19.4 Å². The van der Waals surface area contributed by atoms with Crippen LogP contribution in [0.1, 0.15) is 86.1 Å². The molecule has 1 aliphatic heterocycles. The van der Waals surface area contributed by atoms with Crippen molar-refractivity contribution in [1.29, 1.82) is 0 Å². The van der Waals surface area contributed by atoms with Crippen LogP contribution in [0.4, 0.5) is 4.79 Å². The molecule has 3 aromatic heterocycles. The predicted molar refractivity (Wildman–Crippen MR) is 163 cm³/mol. The van der Waals surface area contributed by atoms with Crippen LogP contribution in [0.15, 0.2) is 36.8 Å². The smallest absolute Gasteiger partial charge is 0.404 e. The van der Waals surface area contributed by atoms with Gasteiger partial charge in [0.2, 0.25) is 0 Å². The van der Waals surface area contributed by atoms with E-state index in [0.717, 1.165) is 78.1 Å². The monoisotopic (exact) mass is 585 g/mol. The lowest BCUT2D eigenvalue weighted by molar-refractivity contribution is -0.0365. The molecule has 2 amide bonds. The van der Waals surface area contributed by atoms with Gasteiger partial charge < -0.3 is 25.5 Å². The second-order valence-corrected chi connectivity index (χ2v) is 11.8. The lowest BCUT2D eigenvalue weighted by Gasteiger charge is -2.23. The SMILES string of the molecule is Cc1c(CC(C)NC(=O)O)cncc1-c1ccc2c(c1)c(-c1ncc(C(=O)NC3CCCCC3)[nH]1)nn2C1CCCCO1. The molecule has 11 nitrogen and oxygen atoms in total. The van der Waals surface area contributed by atoms with Gasteiger partial charge in [0, 0.05) is 42.0 Å². The number of hydrogen-bond acceptors (Lipinski definition) is 6. The molecule has 0 spiro atoms. The van der Waals surface area contributed by atoms with Gasteiger partial charge >= 0.3 is 6.09 Å². The quantitative estimate of drug-likeness (QED) is 0.206. The summed E-state index contributed by atoms with van der Waals surface area (Å²) in [6.07, 6.45) is 13.0. The van der Waals surface area contributed by atoms with Crippen molar-refractivity contribution in [2.45, 2.75) is 89.9 Å². The van der Waals surface area contributed by atoms with E-state index in [0.29, 0.717) is 30.2 Å². The maximum atomic E-state index is 13.0. The van der Waals surface area contributed by atoms with Crippen molar-refractivity contribution in [3.8, 4) is 22.6 Å².